The molecule has 0 saturated heterocycles. The van der Waals surface area contributed by atoms with Gasteiger partial charge in [-0.15, -0.1) is 0 Å². The van der Waals surface area contributed by atoms with Crippen molar-refractivity contribution in [1.29, 1.82) is 0 Å². The Labute approximate surface area is 196 Å². The first-order valence-corrected chi connectivity index (χ1v) is 10.5. The second-order valence-electron chi connectivity index (χ2n) is 7.59. The van der Waals surface area contributed by atoms with E-state index in [2.05, 4.69) is 47.4 Å². The zero-order chi connectivity index (χ0) is 23.9. The van der Waals surface area contributed by atoms with E-state index in [0.717, 1.165) is 11.3 Å². The summed E-state index contributed by atoms with van der Waals surface area (Å²) in [6.07, 6.45) is 6.35. The third-order valence-corrected chi connectivity index (χ3v) is 4.66. The van der Waals surface area contributed by atoms with E-state index in [0.29, 0.717) is 34.5 Å². The van der Waals surface area contributed by atoms with Crippen LogP contribution in [0.5, 0.6) is 0 Å². The van der Waals surface area contributed by atoms with Gasteiger partial charge in [0.2, 0.25) is 11.9 Å². The van der Waals surface area contributed by atoms with Crippen molar-refractivity contribution in [2.75, 3.05) is 16.4 Å². The molecule has 34 heavy (non-hydrogen) atoms. The molecule has 3 heterocycles. The molecule has 0 unspecified atom stereocenters. The smallest absolute Gasteiger partial charge is 0.229 e. The lowest BCUT2D eigenvalue weighted by atomic mass is 10.2. The molecule has 9 nitrogen and oxygen atoms in total. The second-order valence-corrected chi connectivity index (χ2v) is 7.59. The minimum absolute atomic E-state index is 0.112. The Morgan fingerprint density at radius 2 is 1.76 bits per heavy atom. The number of nitrogens with one attached hydrogen (secondary N) is 2. The van der Waals surface area contributed by atoms with Crippen molar-refractivity contribution in [3.63, 3.8) is 0 Å². The lowest BCUT2D eigenvalue weighted by Gasteiger charge is -2.08. The van der Waals surface area contributed by atoms with E-state index in [-0.39, 0.29) is 11.8 Å². The fourth-order valence-electron chi connectivity index (χ4n) is 2.80. The van der Waals surface area contributed by atoms with Crippen molar-refractivity contribution in [3.8, 4) is 23.1 Å². The van der Waals surface area contributed by atoms with Crippen LogP contribution in [0.2, 0.25) is 0 Å². The van der Waals surface area contributed by atoms with Gasteiger partial charge in [-0.25, -0.2) is 15.0 Å². The summed E-state index contributed by atoms with van der Waals surface area (Å²) in [4.78, 5) is 33.0. The van der Waals surface area contributed by atoms with Crippen LogP contribution in [-0.4, -0.2) is 30.8 Å². The minimum Gasteiger partial charge on any atom is -0.383 e. The Morgan fingerprint density at radius 1 is 0.941 bits per heavy atom. The highest BCUT2D eigenvalue weighted by molar-refractivity contribution is 5.90. The summed E-state index contributed by atoms with van der Waals surface area (Å²) in [5.41, 5.74) is 9.58. The molecule has 168 valence electrons. The maximum absolute atomic E-state index is 11.7. The van der Waals surface area contributed by atoms with Crippen LogP contribution in [0, 0.1) is 17.8 Å². The number of nitrogens with zero attached hydrogens (tertiary/aromatic N) is 5. The average Bonchev–Trinajstić information content (AvgIpc) is 2.85. The molecule has 4 N–H and O–H groups in total. The Hall–Kier alpha value is -4.84. The molecule has 0 aliphatic carbocycles. The molecule has 0 fully saturated rings. The first-order chi connectivity index (χ1) is 16.5. The fourth-order valence-corrected chi connectivity index (χ4v) is 2.80. The van der Waals surface area contributed by atoms with E-state index in [1.54, 1.807) is 12.4 Å². The maximum Gasteiger partial charge on any atom is 0.229 e. The SMILES string of the molecule is CC(C)C(=O)Nc1cnc(C#Cc2ccc(Nc3ncc(-c4ccccn4)c(N)n3)cc2)cn1. The minimum atomic E-state index is -0.131. The number of rotatable bonds is 5. The molecule has 1 aromatic carbocycles. The van der Waals surface area contributed by atoms with E-state index in [9.17, 15) is 4.79 Å². The number of hydrogen-bond donors (Lipinski definition) is 3. The van der Waals surface area contributed by atoms with Gasteiger partial charge in [-0.3, -0.25) is 9.78 Å². The molecule has 0 saturated carbocycles. The molecule has 4 aromatic rings. The number of aromatic nitrogens is 5. The molecule has 9 heteroatoms. The molecular formula is C25H22N8O. The van der Waals surface area contributed by atoms with Gasteiger partial charge in [0.15, 0.2) is 5.82 Å². The molecule has 0 spiro atoms. The first-order valence-electron chi connectivity index (χ1n) is 10.5. The van der Waals surface area contributed by atoms with E-state index in [1.807, 2.05) is 56.3 Å². The van der Waals surface area contributed by atoms with Crippen LogP contribution >= 0.6 is 0 Å². The van der Waals surface area contributed by atoms with Crippen molar-refractivity contribution < 1.29 is 4.79 Å². The van der Waals surface area contributed by atoms with Gasteiger partial charge >= 0.3 is 0 Å². The van der Waals surface area contributed by atoms with Crippen molar-refractivity contribution >= 4 is 29.2 Å². The van der Waals surface area contributed by atoms with Crippen LogP contribution in [0.3, 0.4) is 0 Å². The molecule has 1 amide bonds. The van der Waals surface area contributed by atoms with E-state index in [4.69, 9.17) is 5.73 Å². The van der Waals surface area contributed by atoms with Gasteiger partial charge in [0.1, 0.15) is 11.5 Å². The Kier molecular flexibility index (Phi) is 6.70. The van der Waals surface area contributed by atoms with Gasteiger partial charge in [0.05, 0.1) is 23.7 Å². The Bertz CT molecular complexity index is 1340. The van der Waals surface area contributed by atoms with E-state index in [1.165, 1.54) is 12.4 Å². The van der Waals surface area contributed by atoms with Crippen LogP contribution in [0.4, 0.5) is 23.3 Å². The number of carbonyl (C=O) groups excluding carboxylic acids is 1. The zero-order valence-electron chi connectivity index (χ0n) is 18.6. The molecular weight excluding hydrogens is 428 g/mol. The lowest BCUT2D eigenvalue weighted by molar-refractivity contribution is -0.118. The van der Waals surface area contributed by atoms with Gasteiger partial charge in [0, 0.05) is 29.6 Å². The quantitative estimate of drug-likeness (QED) is 0.393. The van der Waals surface area contributed by atoms with Gasteiger partial charge < -0.3 is 16.4 Å². The van der Waals surface area contributed by atoms with Crippen LogP contribution in [0.15, 0.2) is 67.3 Å². The Morgan fingerprint density at radius 3 is 2.41 bits per heavy atom. The summed E-state index contributed by atoms with van der Waals surface area (Å²) in [7, 11) is 0. The summed E-state index contributed by atoms with van der Waals surface area (Å²) in [5.74, 6) is 6.88. The molecule has 3 aromatic heterocycles. The molecule has 0 bridgehead atoms. The summed E-state index contributed by atoms with van der Waals surface area (Å²) in [6.45, 7) is 3.62. The Balaban J connectivity index is 1.39. The first kappa shape index (κ1) is 22.4. The molecule has 0 aliphatic heterocycles. The van der Waals surface area contributed by atoms with Crippen LogP contribution in [0.25, 0.3) is 11.3 Å². The van der Waals surface area contributed by atoms with E-state index >= 15 is 0 Å². The number of hydrogen-bond acceptors (Lipinski definition) is 8. The predicted octanol–water partition coefficient (Wildman–Crippen LogP) is 3.65. The van der Waals surface area contributed by atoms with Crippen LogP contribution in [-0.2, 0) is 4.79 Å². The van der Waals surface area contributed by atoms with Crippen molar-refractivity contribution in [1.82, 2.24) is 24.9 Å². The normalized spacial score (nSPS) is 10.3. The van der Waals surface area contributed by atoms with Crippen molar-refractivity contribution in [2.45, 2.75) is 13.8 Å². The summed E-state index contributed by atoms with van der Waals surface area (Å²) in [6, 6.07) is 13.0. The molecule has 0 atom stereocenters. The summed E-state index contributed by atoms with van der Waals surface area (Å²) in [5, 5.41) is 5.82. The molecule has 0 radical (unpaired) electrons. The number of nitrogens with two attached hydrogens (primary N) is 1. The number of anilines is 4. The monoisotopic (exact) mass is 450 g/mol. The lowest BCUT2D eigenvalue weighted by Crippen LogP contribution is -2.18. The summed E-state index contributed by atoms with van der Waals surface area (Å²) >= 11 is 0. The number of carbonyl (C=O) groups is 1. The fraction of sp³-hybridized carbons (Fsp3) is 0.120. The number of amides is 1. The maximum atomic E-state index is 11.7. The second kappa shape index (κ2) is 10.2. The van der Waals surface area contributed by atoms with Gasteiger partial charge in [0.25, 0.3) is 0 Å². The van der Waals surface area contributed by atoms with Crippen LogP contribution < -0.4 is 16.4 Å². The highest BCUT2D eigenvalue weighted by atomic mass is 16.1. The zero-order valence-corrected chi connectivity index (χ0v) is 18.6. The van der Waals surface area contributed by atoms with Crippen molar-refractivity contribution in [2.24, 2.45) is 5.92 Å². The topological polar surface area (TPSA) is 132 Å². The average molecular weight is 451 g/mol. The number of pyridine rings is 1. The van der Waals surface area contributed by atoms with E-state index < -0.39 is 0 Å². The number of nitrogen functional groups attached to an aromatic ring is 1. The summed E-state index contributed by atoms with van der Waals surface area (Å²) < 4.78 is 0. The van der Waals surface area contributed by atoms with Gasteiger partial charge in [-0.2, -0.15) is 4.98 Å². The third kappa shape index (κ3) is 5.69. The van der Waals surface area contributed by atoms with Crippen LogP contribution in [0.1, 0.15) is 25.1 Å². The van der Waals surface area contributed by atoms with Gasteiger partial charge in [-0.1, -0.05) is 25.8 Å². The number of benzene rings is 1. The predicted molar refractivity (Wildman–Crippen MR) is 131 cm³/mol. The third-order valence-electron chi connectivity index (χ3n) is 4.66. The molecule has 4 rings (SSSR count). The highest BCUT2D eigenvalue weighted by Gasteiger charge is 2.09. The highest BCUT2D eigenvalue weighted by Crippen LogP contribution is 2.23. The molecule has 0 aliphatic rings. The largest absolute Gasteiger partial charge is 0.383 e. The standard InChI is InChI=1S/C25H22N8O/c1-16(2)24(34)32-22-15-28-19(13-29-22)11-8-17-6-9-18(10-7-17)31-25-30-14-20(23(26)33-25)21-5-3-4-12-27-21/h3-7,9-10,12-16H,1-2H3,(H,29,32,34)(H3,26,30,31,33). The van der Waals surface area contributed by atoms with Gasteiger partial charge in [-0.05, 0) is 42.3 Å². The van der Waals surface area contributed by atoms with Crippen molar-refractivity contribution in [3.05, 3.63) is 78.5 Å².